The largest absolute Gasteiger partial charge is 0.493 e. The molecule has 2 atom stereocenters. The van der Waals surface area contributed by atoms with Crippen molar-refractivity contribution >= 4 is 16.9 Å². The van der Waals surface area contributed by atoms with E-state index in [2.05, 4.69) is 21.9 Å². The molecule has 3 rings (SSSR count). The third kappa shape index (κ3) is 9.17. The van der Waals surface area contributed by atoms with E-state index in [1.54, 1.807) is 19.2 Å². The van der Waals surface area contributed by atoms with Gasteiger partial charge in [0.2, 0.25) is 5.91 Å². The van der Waals surface area contributed by atoms with E-state index in [1.165, 1.54) is 18.6 Å². The normalized spacial score (nSPS) is 15.4. The van der Waals surface area contributed by atoms with Gasteiger partial charge in [0.05, 0.1) is 18.1 Å². The lowest BCUT2D eigenvalue weighted by atomic mass is 10.0. The quantitative estimate of drug-likeness (QED) is 0.420. The van der Waals surface area contributed by atoms with Crippen LogP contribution in [0.4, 0.5) is 4.39 Å². The van der Waals surface area contributed by atoms with Crippen LogP contribution in [0.1, 0.15) is 57.1 Å². The zero-order chi connectivity index (χ0) is 26.6. The second-order valence-electron chi connectivity index (χ2n) is 9.52. The van der Waals surface area contributed by atoms with E-state index in [4.69, 9.17) is 9.47 Å². The number of benzene rings is 2. The standard InChI is InChI=1S/C29H37FN2O4S/c1-21(2)28(32-37(34)25-9-5-4-6-10-25)29(33)31-18-17-23-13-16-26(27(20-23)35-3)36-19-7-8-22-11-14-24(30)15-12-22/h11-16,20-21,25,28,32H,4-6,9-10,17-19H2,1-3H3,(H,31,33)/t28?,37-/m0/s1. The van der Waals surface area contributed by atoms with E-state index in [-0.39, 0.29) is 29.5 Å². The lowest BCUT2D eigenvalue weighted by molar-refractivity contribution is -0.123. The smallest absolute Gasteiger partial charge is 0.238 e. The first-order valence-electron chi connectivity index (χ1n) is 12.9. The lowest BCUT2D eigenvalue weighted by Crippen LogP contribution is -2.50. The van der Waals surface area contributed by atoms with Gasteiger partial charge < -0.3 is 14.8 Å². The average molecular weight is 529 g/mol. The van der Waals surface area contributed by atoms with Gasteiger partial charge in [-0.05, 0) is 67.1 Å². The number of hydrogen-bond donors (Lipinski definition) is 2. The first-order chi connectivity index (χ1) is 17.9. The molecule has 1 aliphatic rings. The Morgan fingerprint density at radius 2 is 1.84 bits per heavy atom. The SMILES string of the molecule is COc1cc(CCNC(=O)C(N[S@@](=O)C2CCCCC2)C(C)C)ccc1OCC#Cc1ccc(F)cc1. The number of halogens is 1. The van der Waals surface area contributed by atoms with Crippen LogP contribution in [-0.2, 0) is 22.2 Å². The fraction of sp³-hybridized carbons (Fsp3) is 0.483. The first kappa shape index (κ1) is 28.7. The Kier molecular flexibility index (Phi) is 11.4. The molecule has 2 aromatic rings. The molecule has 0 heterocycles. The van der Waals surface area contributed by atoms with Gasteiger partial charge in [-0.15, -0.1) is 0 Å². The van der Waals surface area contributed by atoms with Crippen LogP contribution in [0.5, 0.6) is 11.5 Å². The Hall–Kier alpha value is -2.89. The molecule has 0 aliphatic heterocycles. The molecule has 2 N–H and O–H groups in total. The van der Waals surface area contributed by atoms with Gasteiger partial charge in [-0.25, -0.2) is 13.3 Å². The maximum atomic E-state index is 13.0. The Balaban J connectivity index is 1.48. The highest BCUT2D eigenvalue weighted by Crippen LogP contribution is 2.28. The van der Waals surface area contributed by atoms with E-state index in [0.29, 0.717) is 30.0 Å². The number of methoxy groups -OCH3 is 1. The number of ether oxygens (including phenoxy) is 2. The van der Waals surface area contributed by atoms with Gasteiger partial charge in [-0.1, -0.05) is 51.0 Å². The van der Waals surface area contributed by atoms with Crippen molar-refractivity contribution in [1.29, 1.82) is 0 Å². The van der Waals surface area contributed by atoms with Crippen molar-refractivity contribution in [2.75, 3.05) is 20.3 Å². The summed E-state index contributed by atoms with van der Waals surface area (Å²) < 4.78 is 40.0. The molecular formula is C29H37FN2O4S. The maximum Gasteiger partial charge on any atom is 0.238 e. The number of amides is 1. The fourth-order valence-corrected chi connectivity index (χ4v) is 5.79. The van der Waals surface area contributed by atoms with Crippen LogP contribution in [0.2, 0.25) is 0 Å². The predicted octanol–water partition coefficient (Wildman–Crippen LogP) is 4.53. The second-order valence-corrected chi connectivity index (χ2v) is 11.0. The van der Waals surface area contributed by atoms with E-state index in [9.17, 15) is 13.4 Å². The molecule has 0 radical (unpaired) electrons. The molecule has 1 saturated carbocycles. The zero-order valence-electron chi connectivity index (χ0n) is 21.8. The van der Waals surface area contributed by atoms with E-state index in [0.717, 1.165) is 31.2 Å². The van der Waals surface area contributed by atoms with Crippen molar-refractivity contribution in [3.8, 4) is 23.3 Å². The highest BCUT2D eigenvalue weighted by atomic mass is 32.2. The van der Waals surface area contributed by atoms with Crippen molar-refractivity contribution in [1.82, 2.24) is 10.0 Å². The molecule has 6 nitrogen and oxygen atoms in total. The molecule has 0 aromatic heterocycles. The van der Waals surface area contributed by atoms with Crippen LogP contribution in [0.25, 0.3) is 0 Å². The third-order valence-corrected chi connectivity index (χ3v) is 7.93. The summed E-state index contributed by atoms with van der Waals surface area (Å²) in [6.45, 7) is 4.53. The summed E-state index contributed by atoms with van der Waals surface area (Å²) in [6.07, 6.45) is 5.93. The van der Waals surface area contributed by atoms with E-state index < -0.39 is 17.0 Å². The van der Waals surface area contributed by atoms with E-state index in [1.807, 2.05) is 32.0 Å². The minimum absolute atomic E-state index is 0.0234. The highest BCUT2D eigenvalue weighted by Gasteiger charge is 2.27. The Morgan fingerprint density at radius 3 is 2.51 bits per heavy atom. The molecule has 0 spiro atoms. The lowest BCUT2D eigenvalue weighted by Gasteiger charge is -2.26. The summed E-state index contributed by atoms with van der Waals surface area (Å²) in [5.74, 6) is 6.58. The van der Waals surface area contributed by atoms with Crippen LogP contribution in [0, 0.1) is 23.6 Å². The van der Waals surface area contributed by atoms with Crippen LogP contribution >= 0.6 is 0 Å². The van der Waals surface area contributed by atoms with Crippen LogP contribution < -0.4 is 19.5 Å². The molecule has 8 heteroatoms. The van der Waals surface area contributed by atoms with Crippen LogP contribution in [-0.4, -0.2) is 41.7 Å². The number of carbonyl (C=O) groups excluding carboxylic acids is 1. The Labute approximate surface area is 222 Å². The fourth-order valence-electron chi connectivity index (χ4n) is 4.20. The highest BCUT2D eigenvalue weighted by molar-refractivity contribution is 7.83. The zero-order valence-corrected chi connectivity index (χ0v) is 22.7. The minimum atomic E-state index is -1.21. The summed E-state index contributed by atoms with van der Waals surface area (Å²) in [6, 6.07) is 11.1. The number of hydrogen-bond acceptors (Lipinski definition) is 4. The van der Waals surface area contributed by atoms with Crippen molar-refractivity contribution in [2.45, 2.75) is 63.7 Å². The molecule has 200 valence electrons. The molecular weight excluding hydrogens is 491 g/mol. The topological polar surface area (TPSA) is 76.7 Å². The Morgan fingerprint density at radius 1 is 1.11 bits per heavy atom. The predicted molar refractivity (Wildman–Crippen MR) is 145 cm³/mol. The molecule has 1 amide bonds. The monoisotopic (exact) mass is 528 g/mol. The van der Waals surface area contributed by atoms with Gasteiger partial charge in [0.25, 0.3) is 0 Å². The summed E-state index contributed by atoms with van der Waals surface area (Å²) in [7, 11) is 0.365. The van der Waals surface area contributed by atoms with Gasteiger partial charge in [0.1, 0.15) is 18.5 Å². The minimum Gasteiger partial charge on any atom is -0.493 e. The molecule has 37 heavy (non-hydrogen) atoms. The summed E-state index contributed by atoms with van der Waals surface area (Å²) >= 11 is 0. The summed E-state index contributed by atoms with van der Waals surface area (Å²) in [4.78, 5) is 12.9. The number of carbonyl (C=O) groups is 1. The average Bonchev–Trinajstić information content (AvgIpc) is 2.91. The van der Waals surface area contributed by atoms with Crippen molar-refractivity contribution in [3.63, 3.8) is 0 Å². The van der Waals surface area contributed by atoms with Gasteiger partial charge in [0, 0.05) is 17.4 Å². The molecule has 0 bridgehead atoms. The first-order valence-corrected chi connectivity index (χ1v) is 14.1. The molecule has 1 unspecified atom stereocenters. The molecule has 0 saturated heterocycles. The summed E-state index contributed by atoms with van der Waals surface area (Å²) in [5, 5.41) is 3.11. The van der Waals surface area contributed by atoms with Gasteiger partial charge in [-0.2, -0.15) is 0 Å². The van der Waals surface area contributed by atoms with Gasteiger partial charge in [0.15, 0.2) is 11.5 Å². The molecule has 2 aromatic carbocycles. The number of nitrogens with one attached hydrogen (secondary N) is 2. The van der Waals surface area contributed by atoms with Crippen molar-refractivity contribution < 1.29 is 22.9 Å². The van der Waals surface area contributed by atoms with Crippen LogP contribution in [0.3, 0.4) is 0 Å². The van der Waals surface area contributed by atoms with Crippen molar-refractivity contribution in [3.05, 3.63) is 59.4 Å². The second kappa shape index (κ2) is 14.7. The van der Waals surface area contributed by atoms with Crippen LogP contribution in [0.15, 0.2) is 42.5 Å². The van der Waals surface area contributed by atoms with E-state index >= 15 is 0 Å². The molecule has 1 aliphatic carbocycles. The van der Waals surface area contributed by atoms with Crippen molar-refractivity contribution in [2.24, 2.45) is 5.92 Å². The third-order valence-electron chi connectivity index (χ3n) is 6.36. The van der Waals surface area contributed by atoms with Gasteiger partial charge >= 0.3 is 0 Å². The van der Waals surface area contributed by atoms with Gasteiger partial charge in [-0.3, -0.25) is 4.79 Å². The number of rotatable bonds is 11. The molecule has 1 fully saturated rings. The maximum absolute atomic E-state index is 13.0. The summed E-state index contributed by atoms with van der Waals surface area (Å²) in [5.41, 5.74) is 1.70. The Bertz CT molecular complexity index is 1110.